The maximum absolute atomic E-state index is 4.75. The molecule has 0 aliphatic heterocycles. The molecule has 1 aliphatic rings. The van der Waals surface area contributed by atoms with Gasteiger partial charge in [-0.3, -0.25) is 4.99 Å². The van der Waals surface area contributed by atoms with Gasteiger partial charge >= 0.3 is 0 Å². The van der Waals surface area contributed by atoms with E-state index < -0.39 is 0 Å². The smallest absolute Gasteiger partial charge is 0.191 e. The molecule has 0 saturated heterocycles. The molecular formula is C18H29IN4. The van der Waals surface area contributed by atoms with E-state index in [4.69, 9.17) is 4.99 Å². The predicted molar refractivity (Wildman–Crippen MR) is 111 cm³/mol. The zero-order chi connectivity index (χ0) is 15.8. The van der Waals surface area contributed by atoms with Crippen LogP contribution in [0.15, 0.2) is 47.5 Å². The molecule has 1 aromatic rings. The number of aliphatic imine (C=N–C) groups is 1. The number of rotatable bonds is 6. The molecule has 1 unspecified atom stereocenters. The van der Waals surface area contributed by atoms with Gasteiger partial charge in [0, 0.05) is 31.4 Å². The summed E-state index contributed by atoms with van der Waals surface area (Å²) in [6, 6.07) is 11.3. The summed E-state index contributed by atoms with van der Waals surface area (Å²) in [6.07, 6.45) is 6.63. The van der Waals surface area contributed by atoms with Crippen LogP contribution in [0, 0.1) is 0 Å². The maximum atomic E-state index is 4.75. The predicted octanol–water partition coefficient (Wildman–Crippen LogP) is 3.40. The highest BCUT2D eigenvalue weighted by molar-refractivity contribution is 14.0. The van der Waals surface area contributed by atoms with Crippen molar-refractivity contribution < 1.29 is 0 Å². The number of nitrogens with one attached hydrogen (secondary N) is 2. The van der Waals surface area contributed by atoms with Crippen LogP contribution in [0.1, 0.15) is 26.7 Å². The summed E-state index contributed by atoms with van der Waals surface area (Å²) in [4.78, 5) is 7.02. The Balaban J connectivity index is 0.00000264. The summed E-state index contributed by atoms with van der Waals surface area (Å²) in [5, 5.41) is 6.84. The minimum atomic E-state index is 0. The lowest BCUT2D eigenvalue weighted by molar-refractivity contribution is 0.626. The number of anilines is 1. The van der Waals surface area contributed by atoms with Gasteiger partial charge in [0.2, 0.25) is 0 Å². The summed E-state index contributed by atoms with van der Waals surface area (Å²) in [5.41, 5.74) is 1.23. The highest BCUT2D eigenvalue weighted by atomic mass is 127. The molecule has 0 radical (unpaired) electrons. The van der Waals surface area contributed by atoms with E-state index in [0.29, 0.717) is 12.1 Å². The molecule has 4 nitrogen and oxygen atoms in total. The van der Waals surface area contributed by atoms with Gasteiger partial charge in [0.05, 0.1) is 6.54 Å². The van der Waals surface area contributed by atoms with Gasteiger partial charge in [-0.2, -0.15) is 0 Å². The van der Waals surface area contributed by atoms with Crippen LogP contribution in [0.2, 0.25) is 0 Å². The zero-order valence-electron chi connectivity index (χ0n) is 14.3. The normalized spacial score (nSPS) is 15.9. The van der Waals surface area contributed by atoms with Crippen LogP contribution < -0.4 is 15.5 Å². The Morgan fingerprint density at radius 2 is 1.91 bits per heavy atom. The fourth-order valence-electron chi connectivity index (χ4n) is 2.51. The number of benzene rings is 1. The van der Waals surface area contributed by atoms with E-state index in [1.165, 1.54) is 5.69 Å². The maximum Gasteiger partial charge on any atom is 0.191 e. The van der Waals surface area contributed by atoms with Gasteiger partial charge in [0.25, 0.3) is 0 Å². The average Bonchev–Trinajstić information content (AvgIpc) is 3.05. The van der Waals surface area contributed by atoms with Crippen LogP contribution in [0.5, 0.6) is 0 Å². The number of halogens is 1. The molecule has 2 rings (SSSR count). The van der Waals surface area contributed by atoms with Gasteiger partial charge in [-0.1, -0.05) is 30.4 Å². The van der Waals surface area contributed by atoms with Crippen LogP contribution in [0.4, 0.5) is 5.69 Å². The van der Waals surface area contributed by atoms with E-state index in [9.17, 15) is 0 Å². The fourth-order valence-corrected chi connectivity index (χ4v) is 2.51. The number of likely N-dealkylation sites (N-methyl/N-ethyl adjacent to an activating group) is 1. The van der Waals surface area contributed by atoms with Gasteiger partial charge in [0.15, 0.2) is 5.96 Å². The Morgan fingerprint density at radius 3 is 2.52 bits per heavy atom. The molecule has 1 atom stereocenters. The molecule has 0 bridgehead atoms. The molecule has 0 heterocycles. The quantitative estimate of drug-likeness (QED) is 0.316. The third-order valence-corrected chi connectivity index (χ3v) is 4.03. The van der Waals surface area contributed by atoms with E-state index in [1.807, 2.05) is 6.07 Å². The molecule has 0 fully saturated rings. The van der Waals surface area contributed by atoms with Gasteiger partial charge in [-0.05, 0) is 38.8 Å². The van der Waals surface area contributed by atoms with Crippen molar-refractivity contribution in [3.63, 3.8) is 0 Å². The Labute approximate surface area is 157 Å². The van der Waals surface area contributed by atoms with Crippen molar-refractivity contribution in [2.75, 3.05) is 25.0 Å². The average molecular weight is 428 g/mol. The summed E-state index contributed by atoms with van der Waals surface area (Å²) in [6.45, 7) is 5.95. The minimum absolute atomic E-state index is 0. The number of nitrogens with zero attached hydrogens (tertiary/aromatic N) is 2. The summed E-state index contributed by atoms with van der Waals surface area (Å²) >= 11 is 0. The molecule has 0 spiro atoms. The monoisotopic (exact) mass is 428 g/mol. The highest BCUT2D eigenvalue weighted by Gasteiger charge is 2.13. The van der Waals surface area contributed by atoms with Crippen molar-refractivity contribution in [1.29, 1.82) is 0 Å². The minimum Gasteiger partial charge on any atom is -0.370 e. The first-order valence-corrected chi connectivity index (χ1v) is 8.18. The Bertz CT molecular complexity index is 493. The standard InChI is InChI=1S/C18H28N4.HI/c1-4-19-18(21-16-10-8-9-11-16)20-14-15(2)22(3)17-12-6-5-7-13-17;/h5-9,12-13,15-16H,4,10-11,14H2,1-3H3,(H2,19,20,21);1H. The van der Waals surface area contributed by atoms with Gasteiger partial charge in [0.1, 0.15) is 0 Å². The van der Waals surface area contributed by atoms with E-state index in [1.54, 1.807) is 0 Å². The number of hydrogen-bond donors (Lipinski definition) is 2. The van der Waals surface area contributed by atoms with E-state index >= 15 is 0 Å². The molecule has 23 heavy (non-hydrogen) atoms. The van der Waals surface area contributed by atoms with E-state index in [-0.39, 0.29) is 24.0 Å². The SMILES string of the molecule is CCNC(=NCC(C)N(C)c1ccccc1)NC1CC=CC1.I. The first-order chi connectivity index (χ1) is 10.7. The summed E-state index contributed by atoms with van der Waals surface area (Å²) in [5.74, 6) is 0.921. The first-order valence-electron chi connectivity index (χ1n) is 8.18. The molecule has 0 saturated carbocycles. The molecule has 0 aromatic heterocycles. The third-order valence-electron chi connectivity index (χ3n) is 4.03. The van der Waals surface area contributed by atoms with Gasteiger partial charge < -0.3 is 15.5 Å². The van der Waals surface area contributed by atoms with Crippen molar-refractivity contribution >= 4 is 35.6 Å². The topological polar surface area (TPSA) is 39.7 Å². The zero-order valence-corrected chi connectivity index (χ0v) is 16.7. The Morgan fingerprint density at radius 1 is 1.26 bits per heavy atom. The molecule has 5 heteroatoms. The van der Waals surface area contributed by atoms with Crippen molar-refractivity contribution in [3.8, 4) is 0 Å². The van der Waals surface area contributed by atoms with Crippen molar-refractivity contribution in [3.05, 3.63) is 42.5 Å². The van der Waals surface area contributed by atoms with E-state index in [0.717, 1.165) is 31.9 Å². The van der Waals surface area contributed by atoms with Crippen molar-refractivity contribution in [2.45, 2.75) is 38.8 Å². The summed E-state index contributed by atoms with van der Waals surface area (Å²) < 4.78 is 0. The number of hydrogen-bond acceptors (Lipinski definition) is 2. The number of para-hydroxylation sites is 1. The lowest BCUT2D eigenvalue weighted by Gasteiger charge is -2.26. The van der Waals surface area contributed by atoms with Gasteiger partial charge in [-0.15, -0.1) is 24.0 Å². The Kier molecular flexibility index (Phi) is 9.06. The fraction of sp³-hybridized carbons (Fsp3) is 0.500. The largest absolute Gasteiger partial charge is 0.370 e. The highest BCUT2D eigenvalue weighted by Crippen LogP contribution is 2.14. The second-order valence-corrected chi connectivity index (χ2v) is 5.80. The second-order valence-electron chi connectivity index (χ2n) is 5.80. The lowest BCUT2D eigenvalue weighted by atomic mass is 10.2. The van der Waals surface area contributed by atoms with Crippen molar-refractivity contribution in [2.24, 2.45) is 4.99 Å². The molecule has 128 valence electrons. The third kappa shape index (κ3) is 6.41. The Hall–Kier alpha value is -1.24. The van der Waals surface area contributed by atoms with Gasteiger partial charge in [-0.25, -0.2) is 0 Å². The van der Waals surface area contributed by atoms with Crippen LogP contribution in [0.3, 0.4) is 0 Å². The first kappa shape index (κ1) is 19.8. The van der Waals surface area contributed by atoms with Crippen LogP contribution in [-0.2, 0) is 0 Å². The molecule has 2 N–H and O–H groups in total. The van der Waals surface area contributed by atoms with Crippen LogP contribution in [0.25, 0.3) is 0 Å². The lowest BCUT2D eigenvalue weighted by Crippen LogP contribution is -2.43. The molecule has 1 aliphatic carbocycles. The van der Waals surface area contributed by atoms with Crippen LogP contribution >= 0.6 is 24.0 Å². The summed E-state index contributed by atoms with van der Waals surface area (Å²) in [7, 11) is 2.12. The van der Waals surface area contributed by atoms with E-state index in [2.05, 4.69) is 72.8 Å². The molecular weight excluding hydrogens is 399 g/mol. The molecule has 0 amide bonds. The van der Waals surface area contributed by atoms with Crippen molar-refractivity contribution in [1.82, 2.24) is 10.6 Å². The number of guanidine groups is 1. The second kappa shape index (κ2) is 10.5. The molecule has 1 aromatic carbocycles. The van der Waals surface area contributed by atoms with Crippen LogP contribution in [-0.4, -0.2) is 38.2 Å².